The van der Waals surface area contributed by atoms with Crippen molar-refractivity contribution < 1.29 is 4.52 Å². The molecule has 0 aromatic carbocycles. The molecule has 1 saturated heterocycles. The van der Waals surface area contributed by atoms with Crippen LogP contribution in [0.15, 0.2) is 29.4 Å². The second-order valence-electron chi connectivity index (χ2n) is 5.27. The number of anilines is 1. The molecule has 1 fully saturated rings. The molecule has 0 atom stereocenters. The number of likely N-dealkylation sites (tertiary alicyclic amines) is 1. The number of hydrogen-bond acceptors (Lipinski definition) is 6. The summed E-state index contributed by atoms with van der Waals surface area (Å²) in [7, 11) is 0. The molecule has 2 aromatic heterocycles. The fourth-order valence-electron chi connectivity index (χ4n) is 2.54. The van der Waals surface area contributed by atoms with Gasteiger partial charge in [-0.05, 0) is 19.8 Å². The van der Waals surface area contributed by atoms with Crippen molar-refractivity contribution in [3.05, 3.63) is 36.1 Å². The number of piperidine rings is 1. The number of aryl methyl sites for hydroxylation is 1. The molecule has 0 bridgehead atoms. The molecular formula is C14H19N5O. The molecular weight excluding hydrogens is 254 g/mol. The van der Waals surface area contributed by atoms with Crippen molar-refractivity contribution in [3.8, 4) is 0 Å². The Hall–Kier alpha value is -1.95. The van der Waals surface area contributed by atoms with Crippen molar-refractivity contribution in [2.75, 3.05) is 18.4 Å². The monoisotopic (exact) mass is 273 g/mol. The highest BCUT2D eigenvalue weighted by Gasteiger charge is 2.19. The molecule has 2 aromatic rings. The minimum atomic E-state index is 0.489. The first-order chi connectivity index (χ1) is 9.79. The van der Waals surface area contributed by atoms with Crippen LogP contribution in [0.25, 0.3) is 0 Å². The van der Waals surface area contributed by atoms with E-state index < -0.39 is 0 Å². The first kappa shape index (κ1) is 13.1. The second-order valence-corrected chi connectivity index (χ2v) is 5.27. The third-order valence-corrected chi connectivity index (χ3v) is 3.63. The van der Waals surface area contributed by atoms with Crippen LogP contribution in [0, 0.1) is 6.92 Å². The zero-order chi connectivity index (χ0) is 13.8. The van der Waals surface area contributed by atoms with Gasteiger partial charge in [0.25, 0.3) is 0 Å². The molecule has 20 heavy (non-hydrogen) atoms. The van der Waals surface area contributed by atoms with Crippen LogP contribution in [0.3, 0.4) is 0 Å². The minimum absolute atomic E-state index is 0.489. The molecule has 0 radical (unpaired) electrons. The number of rotatable bonds is 4. The summed E-state index contributed by atoms with van der Waals surface area (Å²) >= 11 is 0. The molecule has 3 heterocycles. The summed E-state index contributed by atoms with van der Waals surface area (Å²) in [5, 5.41) is 7.23. The molecule has 1 aliphatic heterocycles. The average molecular weight is 273 g/mol. The van der Waals surface area contributed by atoms with E-state index in [-0.39, 0.29) is 0 Å². The van der Waals surface area contributed by atoms with E-state index >= 15 is 0 Å². The topological polar surface area (TPSA) is 67.1 Å². The standard InChI is InChI=1S/C14H19N5O/c1-11-6-14(16-10-15-11)18-13-2-4-19(5-3-13)8-12-7-17-20-9-12/h6-7,9-10,13H,2-5,8H2,1H3,(H,15,16,18). The molecule has 3 rings (SSSR count). The van der Waals surface area contributed by atoms with Crippen LogP contribution in [-0.4, -0.2) is 39.2 Å². The zero-order valence-electron chi connectivity index (χ0n) is 11.6. The van der Waals surface area contributed by atoms with Gasteiger partial charge in [-0.3, -0.25) is 4.90 Å². The van der Waals surface area contributed by atoms with Gasteiger partial charge in [-0.15, -0.1) is 0 Å². The Kier molecular flexibility index (Phi) is 3.92. The Morgan fingerprint density at radius 3 is 2.90 bits per heavy atom. The van der Waals surface area contributed by atoms with E-state index in [2.05, 4.69) is 25.3 Å². The summed E-state index contributed by atoms with van der Waals surface area (Å²) in [6, 6.07) is 2.48. The molecule has 1 aliphatic rings. The molecule has 0 unspecified atom stereocenters. The van der Waals surface area contributed by atoms with Crippen LogP contribution >= 0.6 is 0 Å². The van der Waals surface area contributed by atoms with E-state index in [1.54, 1.807) is 18.8 Å². The summed E-state index contributed by atoms with van der Waals surface area (Å²) in [6.45, 7) is 5.05. The SMILES string of the molecule is Cc1cc(NC2CCN(Cc3cnoc3)CC2)ncn1. The molecule has 0 spiro atoms. The van der Waals surface area contributed by atoms with Crippen molar-refractivity contribution >= 4 is 5.82 Å². The molecule has 6 heteroatoms. The van der Waals surface area contributed by atoms with Crippen LogP contribution in [-0.2, 0) is 6.54 Å². The highest BCUT2D eigenvalue weighted by atomic mass is 16.5. The zero-order valence-corrected chi connectivity index (χ0v) is 11.6. The van der Waals surface area contributed by atoms with Crippen LogP contribution in [0.4, 0.5) is 5.82 Å². The lowest BCUT2D eigenvalue weighted by Crippen LogP contribution is -2.38. The van der Waals surface area contributed by atoms with E-state index in [9.17, 15) is 0 Å². The molecule has 0 saturated carbocycles. The average Bonchev–Trinajstić information content (AvgIpc) is 2.94. The normalized spacial score (nSPS) is 17.2. The summed E-state index contributed by atoms with van der Waals surface area (Å²) in [5.74, 6) is 0.926. The van der Waals surface area contributed by atoms with Gasteiger partial charge in [0.15, 0.2) is 0 Å². The lowest BCUT2D eigenvalue weighted by Gasteiger charge is -2.32. The van der Waals surface area contributed by atoms with Gasteiger partial charge in [0.2, 0.25) is 0 Å². The maximum Gasteiger partial charge on any atom is 0.129 e. The Balaban J connectivity index is 1.48. The smallest absolute Gasteiger partial charge is 0.129 e. The highest BCUT2D eigenvalue weighted by Crippen LogP contribution is 2.17. The Morgan fingerprint density at radius 2 is 2.20 bits per heavy atom. The first-order valence-electron chi connectivity index (χ1n) is 6.95. The predicted octanol–water partition coefficient (Wildman–Crippen LogP) is 1.85. The first-order valence-corrected chi connectivity index (χ1v) is 6.95. The molecule has 0 amide bonds. The largest absolute Gasteiger partial charge is 0.367 e. The minimum Gasteiger partial charge on any atom is -0.367 e. The van der Waals surface area contributed by atoms with Gasteiger partial charge in [-0.2, -0.15) is 0 Å². The van der Waals surface area contributed by atoms with Crippen molar-refractivity contribution in [1.29, 1.82) is 0 Å². The second kappa shape index (κ2) is 6.00. The van der Waals surface area contributed by atoms with E-state index in [0.29, 0.717) is 6.04 Å². The lowest BCUT2D eigenvalue weighted by atomic mass is 10.0. The van der Waals surface area contributed by atoms with Gasteiger partial charge < -0.3 is 9.84 Å². The van der Waals surface area contributed by atoms with Crippen molar-refractivity contribution in [1.82, 2.24) is 20.0 Å². The Bertz CT molecular complexity index is 534. The van der Waals surface area contributed by atoms with Crippen molar-refractivity contribution in [3.63, 3.8) is 0 Å². The van der Waals surface area contributed by atoms with E-state index in [4.69, 9.17) is 4.52 Å². The Morgan fingerprint density at radius 1 is 1.35 bits per heavy atom. The van der Waals surface area contributed by atoms with Crippen LogP contribution in [0.2, 0.25) is 0 Å². The molecule has 106 valence electrons. The fourth-order valence-corrected chi connectivity index (χ4v) is 2.54. The fraction of sp³-hybridized carbons (Fsp3) is 0.500. The summed E-state index contributed by atoms with van der Waals surface area (Å²) < 4.78 is 4.86. The quantitative estimate of drug-likeness (QED) is 0.917. The van der Waals surface area contributed by atoms with E-state index in [0.717, 1.165) is 49.6 Å². The molecule has 0 aliphatic carbocycles. The summed E-state index contributed by atoms with van der Waals surface area (Å²) in [5.41, 5.74) is 2.13. The van der Waals surface area contributed by atoms with E-state index in [1.807, 2.05) is 13.0 Å². The molecule has 6 nitrogen and oxygen atoms in total. The predicted molar refractivity (Wildman–Crippen MR) is 75.2 cm³/mol. The van der Waals surface area contributed by atoms with Gasteiger partial charge in [-0.1, -0.05) is 5.16 Å². The molecule has 1 N–H and O–H groups in total. The maximum atomic E-state index is 4.86. The lowest BCUT2D eigenvalue weighted by molar-refractivity contribution is 0.210. The number of aromatic nitrogens is 3. The summed E-state index contributed by atoms with van der Waals surface area (Å²) in [6.07, 6.45) is 7.35. The van der Waals surface area contributed by atoms with Gasteiger partial charge in [0.1, 0.15) is 18.4 Å². The number of hydrogen-bond donors (Lipinski definition) is 1. The van der Waals surface area contributed by atoms with Gasteiger partial charge in [0.05, 0.1) is 6.20 Å². The highest BCUT2D eigenvalue weighted by molar-refractivity contribution is 5.35. The Labute approximate surface area is 118 Å². The van der Waals surface area contributed by atoms with Gasteiger partial charge in [-0.25, -0.2) is 9.97 Å². The number of nitrogens with one attached hydrogen (secondary N) is 1. The summed E-state index contributed by atoms with van der Waals surface area (Å²) in [4.78, 5) is 10.8. The van der Waals surface area contributed by atoms with Gasteiger partial charge in [0, 0.05) is 43.0 Å². The van der Waals surface area contributed by atoms with Crippen LogP contribution < -0.4 is 5.32 Å². The van der Waals surface area contributed by atoms with Crippen molar-refractivity contribution in [2.45, 2.75) is 32.4 Å². The van der Waals surface area contributed by atoms with Crippen molar-refractivity contribution in [2.24, 2.45) is 0 Å². The number of nitrogens with zero attached hydrogens (tertiary/aromatic N) is 4. The maximum absolute atomic E-state index is 4.86. The van der Waals surface area contributed by atoms with Crippen LogP contribution in [0.1, 0.15) is 24.1 Å². The third kappa shape index (κ3) is 3.33. The van der Waals surface area contributed by atoms with Gasteiger partial charge >= 0.3 is 0 Å². The third-order valence-electron chi connectivity index (χ3n) is 3.63. The van der Waals surface area contributed by atoms with Crippen LogP contribution in [0.5, 0.6) is 0 Å². The van der Waals surface area contributed by atoms with E-state index in [1.165, 1.54) is 0 Å².